The normalized spacial score (nSPS) is 10.5. The molecule has 0 aliphatic carbocycles. The van der Waals surface area contributed by atoms with Gasteiger partial charge in [0.25, 0.3) is 0 Å². The van der Waals surface area contributed by atoms with Crippen LogP contribution in [-0.2, 0) is 6.54 Å². The lowest BCUT2D eigenvalue weighted by atomic mass is 10.1. The van der Waals surface area contributed by atoms with Crippen molar-refractivity contribution in [1.29, 1.82) is 0 Å². The highest BCUT2D eigenvalue weighted by Gasteiger charge is 2.18. The number of hydrogen-bond acceptors (Lipinski definition) is 3. The topological polar surface area (TPSA) is 55.2 Å². The average molecular weight is 313 g/mol. The van der Waals surface area contributed by atoms with E-state index in [2.05, 4.69) is 5.32 Å². The SMILES string of the molecule is Cc1ccc(CNc2cc([N+](=O)[O-])c(F)cc2F)cc1Cl. The molecule has 0 unspecified atom stereocenters. The molecule has 2 rings (SSSR count). The molecule has 0 spiro atoms. The number of nitrogens with zero attached hydrogens (tertiary/aromatic N) is 1. The van der Waals surface area contributed by atoms with Gasteiger partial charge in [-0.15, -0.1) is 0 Å². The summed E-state index contributed by atoms with van der Waals surface area (Å²) in [6.45, 7) is 2.06. The zero-order valence-electron chi connectivity index (χ0n) is 11.0. The molecule has 0 radical (unpaired) electrons. The molecule has 21 heavy (non-hydrogen) atoms. The van der Waals surface area contributed by atoms with Crippen LogP contribution in [0.15, 0.2) is 30.3 Å². The van der Waals surface area contributed by atoms with Crippen LogP contribution in [-0.4, -0.2) is 4.92 Å². The van der Waals surface area contributed by atoms with E-state index in [0.29, 0.717) is 11.1 Å². The zero-order chi connectivity index (χ0) is 15.6. The van der Waals surface area contributed by atoms with Crippen molar-refractivity contribution in [1.82, 2.24) is 0 Å². The third-order valence-corrected chi connectivity index (χ3v) is 3.36. The number of halogens is 3. The summed E-state index contributed by atoms with van der Waals surface area (Å²) in [5.41, 5.74) is 0.765. The van der Waals surface area contributed by atoms with Crippen LogP contribution >= 0.6 is 11.6 Å². The van der Waals surface area contributed by atoms with E-state index in [1.165, 1.54) is 0 Å². The average Bonchev–Trinajstić information content (AvgIpc) is 2.41. The minimum Gasteiger partial charge on any atom is -0.378 e. The number of hydrogen-bond donors (Lipinski definition) is 1. The first-order valence-corrected chi connectivity index (χ1v) is 6.38. The Morgan fingerprint density at radius 1 is 1.24 bits per heavy atom. The number of rotatable bonds is 4. The van der Waals surface area contributed by atoms with Crippen LogP contribution < -0.4 is 5.32 Å². The standard InChI is InChI=1S/C14H11ClF2N2O2/c1-8-2-3-9(4-10(8)15)7-18-13-6-14(19(20)21)12(17)5-11(13)16/h2-6,18H,7H2,1H3. The van der Waals surface area contributed by atoms with Gasteiger partial charge >= 0.3 is 5.69 Å². The van der Waals surface area contributed by atoms with Gasteiger partial charge in [0.1, 0.15) is 5.82 Å². The summed E-state index contributed by atoms with van der Waals surface area (Å²) < 4.78 is 26.8. The van der Waals surface area contributed by atoms with Gasteiger partial charge in [-0.2, -0.15) is 4.39 Å². The second-order valence-electron chi connectivity index (χ2n) is 4.48. The Bertz CT molecular complexity index is 708. The maximum atomic E-state index is 13.6. The maximum absolute atomic E-state index is 13.6. The van der Waals surface area contributed by atoms with Gasteiger partial charge in [-0.1, -0.05) is 23.7 Å². The summed E-state index contributed by atoms with van der Waals surface area (Å²) in [6.07, 6.45) is 0. The molecule has 0 aliphatic rings. The van der Waals surface area contributed by atoms with Crippen molar-refractivity contribution in [3.63, 3.8) is 0 Å². The fraction of sp³-hybridized carbons (Fsp3) is 0.143. The van der Waals surface area contributed by atoms with E-state index in [9.17, 15) is 18.9 Å². The molecular weight excluding hydrogens is 302 g/mol. The Morgan fingerprint density at radius 2 is 1.95 bits per heavy atom. The van der Waals surface area contributed by atoms with Gasteiger partial charge in [0.15, 0.2) is 0 Å². The molecule has 110 valence electrons. The summed E-state index contributed by atoms with van der Waals surface area (Å²) in [7, 11) is 0. The molecule has 0 fully saturated rings. The zero-order valence-corrected chi connectivity index (χ0v) is 11.7. The van der Waals surface area contributed by atoms with Gasteiger partial charge in [0.05, 0.1) is 10.6 Å². The number of aryl methyl sites for hydroxylation is 1. The lowest BCUT2D eigenvalue weighted by Gasteiger charge is -2.09. The predicted molar refractivity (Wildman–Crippen MR) is 76.5 cm³/mol. The molecule has 2 aromatic rings. The van der Waals surface area contributed by atoms with E-state index in [1.807, 2.05) is 13.0 Å². The van der Waals surface area contributed by atoms with Crippen LogP contribution in [0.25, 0.3) is 0 Å². The molecule has 7 heteroatoms. The summed E-state index contributed by atoms with van der Waals surface area (Å²) in [5.74, 6) is -2.10. The maximum Gasteiger partial charge on any atom is 0.307 e. The van der Waals surface area contributed by atoms with Crippen molar-refractivity contribution >= 4 is 23.0 Å². The number of nitrogens with one attached hydrogen (secondary N) is 1. The van der Waals surface area contributed by atoms with Gasteiger partial charge < -0.3 is 5.32 Å². The molecule has 0 aliphatic heterocycles. The highest BCUT2D eigenvalue weighted by Crippen LogP contribution is 2.26. The second-order valence-corrected chi connectivity index (χ2v) is 4.88. The predicted octanol–water partition coefficient (Wildman–Crippen LogP) is 4.45. The Hall–Kier alpha value is -2.21. The fourth-order valence-electron chi connectivity index (χ4n) is 1.76. The van der Waals surface area contributed by atoms with Crippen molar-refractivity contribution in [2.24, 2.45) is 0 Å². The number of nitro groups is 1. The van der Waals surface area contributed by atoms with E-state index in [-0.39, 0.29) is 12.2 Å². The molecule has 0 atom stereocenters. The van der Waals surface area contributed by atoms with Crippen LogP contribution in [0, 0.1) is 28.7 Å². The largest absolute Gasteiger partial charge is 0.378 e. The molecule has 2 aromatic carbocycles. The van der Waals surface area contributed by atoms with Crippen molar-refractivity contribution < 1.29 is 13.7 Å². The van der Waals surface area contributed by atoms with Crippen LogP contribution in [0.2, 0.25) is 5.02 Å². The minimum absolute atomic E-state index is 0.139. The van der Waals surface area contributed by atoms with Crippen LogP contribution in [0.1, 0.15) is 11.1 Å². The number of anilines is 1. The highest BCUT2D eigenvalue weighted by molar-refractivity contribution is 6.31. The molecule has 0 bridgehead atoms. The van der Waals surface area contributed by atoms with Gasteiger partial charge in [-0.05, 0) is 24.1 Å². The van der Waals surface area contributed by atoms with E-state index in [0.717, 1.165) is 17.2 Å². The first-order chi connectivity index (χ1) is 9.88. The number of benzene rings is 2. The molecule has 0 saturated heterocycles. The second kappa shape index (κ2) is 6.05. The summed E-state index contributed by atoms with van der Waals surface area (Å²) in [6, 6.07) is 6.63. The van der Waals surface area contributed by atoms with Gasteiger partial charge in [0, 0.05) is 23.7 Å². The Morgan fingerprint density at radius 3 is 2.57 bits per heavy atom. The Balaban J connectivity index is 2.21. The Labute approximate surface area is 124 Å². The van der Waals surface area contributed by atoms with Crippen LogP contribution in [0.5, 0.6) is 0 Å². The molecule has 0 heterocycles. The van der Waals surface area contributed by atoms with Crippen molar-refractivity contribution in [2.45, 2.75) is 13.5 Å². The van der Waals surface area contributed by atoms with Crippen LogP contribution in [0.4, 0.5) is 20.2 Å². The lowest BCUT2D eigenvalue weighted by molar-refractivity contribution is -0.387. The number of nitro benzene ring substituents is 1. The fourth-order valence-corrected chi connectivity index (χ4v) is 1.96. The van der Waals surface area contributed by atoms with Crippen LogP contribution in [0.3, 0.4) is 0 Å². The van der Waals surface area contributed by atoms with E-state index in [4.69, 9.17) is 11.6 Å². The van der Waals surface area contributed by atoms with Gasteiger partial charge in [-0.25, -0.2) is 4.39 Å². The molecule has 1 N–H and O–H groups in total. The smallest absolute Gasteiger partial charge is 0.307 e. The van der Waals surface area contributed by atoms with Gasteiger partial charge in [0.2, 0.25) is 5.82 Å². The molecule has 0 saturated carbocycles. The third-order valence-electron chi connectivity index (χ3n) is 2.95. The van der Waals surface area contributed by atoms with Crippen molar-refractivity contribution in [3.05, 3.63) is 68.2 Å². The minimum atomic E-state index is -1.21. The third kappa shape index (κ3) is 3.46. The van der Waals surface area contributed by atoms with E-state index < -0.39 is 22.2 Å². The molecule has 4 nitrogen and oxygen atoms in total. The lowest BCUT2D eigenvalue weighted by Crippen LogP contribution is -2.04. The molecular formula is C14H11ClF2N2O2. The van der Waals surface area contributed by atoms with Crippen molar-refractivity contribution in [3.8, 4) is 0 Å². The summed E-state index contributed by atoms with van der Waals surface area (Å²) in [5, 5.41) is 13.9. The first kappa shape index (κ1) is 15.2. The first-order valence-electron chi connectivity index (χ1n) is 6.01. The van der Waals surface area contributed by atoms with E-state index in [1.54, 1.807) is 12.1 Å². The van der Waals surface area contributed by atoms with Crippen molar-refractivity contribution in [2.75, 3.05) is 5.32 Å². The quantitative estimate of drug-likeness (QED) is 0.670. The summed E-state index contributed by atoms with van der Waals surface area (Å²) in [4.78, 5) is 9.74. The molecule has 0 amide bonds. The Kier molecular flexibility index (Phi) is 4.37. The van der Waals surface area contributed by atoms with E-state index >= 15 is 0 Å². The monoisotopic (exact) mass is 312 g/mol. The highest BCUT2D eigenvalue weighted by atomic mass is 35.5. The van der Waals surface area contributed by atoms with Gasteiger partial charge in [-0.3, -0.25) is 10.1 Å². The molecule has 0 aromatic heterocycles. The summed E-state index contributed by atoms with van der Waals surface area (Å²) >= 11 is 5.97.